The van der Waals surface area contributed by atoms with E-state index in [-0.39, 0.29) is 10.2 Å². The Balaban J connectivity index is 2.30. The lowest BCUT2D eigenvalue weighted by atomic mass is 10.1. The van der Waals surface area contributed by atoms with E-state index in [1.807, 2.05) is 60.7 Å². The Kier molecular flexibility index (Phi) is 6.85. The summed E-state index contributed by atoms with van der Waals surface area (Å²) >= 11 is 1.12. The SMILES string of the molecule is CC(C)(C)[Si](C)(C)OC(C(=O)Sc1ccccc1)C(O)c1ccccc1. The Morgan fingerprint density at radius 2 is 1.50 bits per heavy atom. The predicted molar refractivity (Wildman–Crippen MR) is 111 cm³/mol. The van der Waals surface area contributed by atoms with Crippen LogP contribution in [0, 0.1) is 0 Å². The van der Waals surface area contributed by atoms with Gasteiger partial charge in [-0.1, -0.05) is 69.3 Å². The molecule has 0 aliphatic carbocycles. The van der Waals surface area contributed by atoms with Crippen molar-refractivity contribution in [2.75, 3.05) is 0 Å². The highest BCUT2D eigenvalue weighted by molar-refractivity contribution is 8.13. The summed E-state index contributed by atoms with van der Waals surface area (Å²) < 4.78 is 6.37. The van der Waals surface area contributed by atoms with E-state index in [2.05, 4.69) is 33.9 Å². The van der Waals surface area contributed by atoms with Crippen molar-refractivity contribution in [1.82, 2.24) is 0 Å². The molecule has 2 unspecified atom stereocenters. The largest absolute Gasteiger partial charge is 0.403 e. The van der Waals surface area contributed by atoms with E-state index in [1.165, 1.54) is 0 Å². The Morgan fingerprint density at radius 3 is 2.00 bits per heavy atom. The molecule has 0 radical (unpaired) electrons. The van der Waals surface area contributed by atoms with Crippen LogP contribution < -0.4 is 0 Å². The molecule has 0 bridgehead atoms. The minimum Gasteiger partial charge on any atom is -0.403 e. The van der Waals surface area contributed by atoms with Crippen LogP contribution in [0.25, 0.3) is 0 Å². The summed E-state index contributed by atoms with van der Waals surface area (Å²) in [6.45, 7) is 10.6. The highest BCUT2D eigenvalue weighted by Crippen LogP contribution is 2.40. The summed E-state index contributed by atoms with van der Waals surface area (Å²) in [5.74, 6) is 0. The monoisotopic (exact) mass is 388 g/mol. The Morgan fingerprint density at radius 1 is 1.00 bits per heavy atom. The van der Waals surface area contributed by atoms with Crippen LogP contribution in [0.5, 0.6) is 0 Å². The van der Waals surface area contributed by atoms with E-state index in [4.69, 9.17) is 4.43 Å². The molecule has 0 heterocycles. The first-order valence-corrected chi connectivity index (χ1v) is 12.5. The molecule has 2 aromatic carbocycles. The third-order valence-electron chi connectivity index (χ3n) is 4.85. The van der Waals surface area contributed by atoms with Crippen LogP contribution in [0.3, 0.4) is 0 Å². The number of carbonyl (C=O) groups excluding carboxylic acids is 1. The standard InChI is InChI=1S/C21H28O3SSi/c1-21(2,3)26(4,5)24-19(18(22)16-12-8-6-9-13-16)20(23)25-17-14-10-7-11-15-17/h6-15,18-19,22H,1-5H3. The zero-order valence-electron chi connectivity index (χ0n) is 16.1. The van der Waals surface area contributed by atoms with E-state index in [0.29, 0.717) is 5.56 Å². The molecule has 1 N–H and O–H groups in total. The molecule has 0 aliphatic heterocycles. The Bertz CT molecular complexity index is 711. The molecular weight excluding hydrogens is 360 g/mol. The molecule has 140 valence electrons. The summed E-state index contributed by atoms with van der Waals surface area (Å²) in [7, 11) is -2.24. The molecule has 5 heteroatoms. The number of rotatable bonds is 6. The van der Waals surface area contributed by atoms with E-state index in [0.717, 1.165) is 16.7 Å². The van der Waals surface area contributed by atoms with E-state index in [1.54, 1.807) is 0 Å². The number of thioether (sulfide) groups is 1. The number of hydrogen-bond acceptors (Lipinski definition) is 4. The van der Waals surface area contributed by atoms with Gasteiger partial charge in [-0.3, -0.25) is 4.79 Å². The van der Waals surface area contributed by atoms with Gasteiger partial charge in [0.2, 0.25) is 5.12 Å². The lowest BCUT2D eigenvalue weighted by Gasteiger charge is -2.39. The molecule has 26 heavy (non-hydrogen) atoms. The maximum atomic E-state index is 13.0. The predicted octanol–water partition coefficient (Wildman–Crippen LogP) is 5.43. The third kappa shape index (κ3) is 5.30. The van der Waals surface area contributed by atoms with Gasteiger partial charge in [0.25, 0.3) is 0 Å². The molecule has 0 saturated carbocycles. The van der Waals surface area contributed by atoms with Crippen molar-refractivity contribution in [3.63, 3.8) is 0 Å². The van der Waals surface area contributed by atoms with E-state index in [9.17, 15) is 9.90 Å². The van der Waals surface area contributed by atoms with Gasteiger partial charge >= 0.3 is 0 Å². The van der Waals surface area contributed by atoms with E-state index < -0.39 is 20.5 Å². The molecule has 0 aliphatic rings. The fourth-order valence-electron chi connectivity index (χ4n) is 2.22. The molecule has 0 fully saturated rings. The first-order valence-electron chi connectivity index (χ1n) is 8.79. The average Bonchev–Trinajstić information content (AvgIpc) is 2.59. The lowest BCUT2D eigenvalue weighted by molar-refractivity contribution is -0.122. The van der Waals surface area contributed by atoms with Crippen LogP contribution in [0.4, 0.5) is 0 Å². The van der Waals surface area contributed by atoms with Crippen LogP contribution in [0.15, 0.2) is 65.6 Å². The van der Waals surface area contributed by atoms with Gasteiger partial charge in [0.1, 0.15) is 12.2 Å². The van der Waals surface area contributed by atoms with Gasteiger partial charge < -0.3 is 9.53 Å². The van der Waals surface area contributed by atoms with Gasteiger partial charge in [-0.05, 0) is 47.6 Å². The van der Waals surface area contributed by atoms with Crippen molar-refractivity contribution < 1.29 is 14.3 Å². The molecule has 2 rings (SSSR count). The average molecular weight is 389 g/mol. The zero-order valence-corrected chi connectivity index (χ0v) is 17.9. The normalized spacial score (nSPS) is 14.7. The molecule has 0 saturated heterocycles. The molecule has 0 spiro atoms. The Labute approximate surface area is 161 Å². The first kappa shape index (κ1) is 20.9. The van der Waals surface area contributed by atoms with Gasteiger partial charge in [-0.2, -0.15) is 0 Å². The number of hydrogen-bond donors (Lipinski definition) is 1. The van der Waals surface area contributed by atoms with Crippen LogP contribution in [0.1, 0.15) is 32.4 Å². The van der Waals surface area contributed by atoms with Crippen LogP contribution >= 0.6 is 11.8 Å². The molecule has 0 amide bonds. The molecule has 3 nitrogen and oxygen atoms in total. The van der Waals surface area contributed by atoms with Crippen molar-refractivity contribution in [3.8, 4) is 0 Å². The Hall–Kier alpha value is -1.40. The highest BCUT2D eigenvalue weighted by Gasteiger charge is 2.43. The number of carbonyl (C=O) groups is 1. The third-order valence-corrected chi connectivity index (χ3v) is 10.2. The topological polar surface area (TPSA) is 46.5 Å². The zero-order chi connectivity index (χ0) is 19.4. The molecular formula is C21H28O3SSi. The number of aliphatic hydroxyl groups excluding tert-OH is 1. The van der Waals surface area contributed by atoms with Crippen molar-refractivity contribution in [2.24, 2.45) is 0 Å². The fourth-order valence-corrected chi connectivity index (χ4v) is 4.35. The van der Waals surface area contributed by atoms with Gasteiger partial charge in [-0.25, -0.2) is 0 Å². The van der Waals surface area contributed by atoms with Crippen LogP contribution in [0.2, 0.25) is 18.1 Å². The molecule has 0 aromatic heterocycles. The minimum atomic E-state index is -2.24. The smallest absolute Gasteiger partial charge is 0.224 e. The van der Waals surface area contributed by atoms with Crippen molar-refractivity contribution in [2.45, 2.75) is 56.0 Å². The quantitative estimate of drug-likeness (QED) is 0.529. The second-order valence-corrected chi connectivity index (χ2v) is 13.7. The van der Waals surface area contributed by atoms with Gasteiger partial charge in [0.05, 0.1) is 0 Å². The summed E-state index contributed by atoms with van der Waals surface area (Å²) in [5, 5.41) is 10.7. The summed E-state index contributed by atoms with van der Waals surface area (Å²) in [5.41, 5.74) is 0.693. The van der Waals surface area contributed by atoms with Gasteiger partial charge in [-0.15, -0.1) is 0 Å². The first-order chi connectivity index (χ1) is 12.1. The maximum absolute atomic E-state index is 13.0. The minimum absolute atomic E-state index is 0.0562. The van der Waals surface area contributed by atoms with Crippen molar-refractivity contribution in [3.05, 3.63) is 66.2 Å². The number of aliphatic hydroxyl groups is 1. The van der Waals surface area contributed by atoms with E-state index >= 15 is 0 Å². The fraction of sp³-hybridized carbons (Fsp3) is 0.381. The molecule has 2 aromatic rings. The highest BCUT2D eigenvalue weighted by atomic mass is 32.2. The van der Waals surface area contributed by atoms with Gasteiger partial charge in [0.15, 0.2) is 8.32 Å². The van der Waals surface area contributed by atoms with Crippen LogP contribution in [-0.4, -0.2) is 24.6 Å². The van der Waals surface area contributed by atoms with Crippen molar-refractivity contribution in [1.29, 1.82) is 0 Å². The maximum Gasteiger partial charge on any atom is 0.224 e. The second kappa shape index (κ2) is 8.52. The number of benzene rings is 2. The summed E-state index contributed by atoms with van der Waals surface area (Å²) in [6.07, 6.45) is -1.89. The summed E-state index contributed by atoms with van der Waals surface area (Å²) in [4.78, 5) is 13.9. The molecule has 2 atom stereocenters. The summed E-state index contributed by atoms with van der Waals surface area (Å²) in [6, 6.07) is 18.7. The second-order valence-electron chi connectivity index (χ2n) is 7.89. The lowest BCUT2D eigenvalue weighted by Crippen LogP contribution is -2.47. The van der Waals surface area contributed by atoms with Crippen molar-refractivity contribution >= 4 is 25.2 Å². The van der Waals surface area contributed by atoms with Gasteiger partial charge in [0, 0.05) is 4.90 Å². The van der Waals surface area contributed by atoms with Crippen LogP contribution in [-0.2, 0) is 9.22 Å².